The Kier molecular flexibility index (Phi) is 5.44. The number of aliphatic hydroxyl groups excluding tert-OH is 1. The number of aliphatic hydroxyl groups is 1. The van der Waals surface area contributed by atoms with Gasteiger partial charge in [0.2, 0.25) is 5.78 Å². The van der Waals surface area contributed by atoms with Crippen molar-refractivity contribution in [3.8, 4) is 0 Å². The molecule has 10 heteroatoms. The quantitative estimate of drug-likeness (QED) is 0.536. The molecule has 0 bridgehead atoms. The topological polar surface area (TPSA) is 118 Å². The van der Waals surface area contributed by atoms with Crippen molar-refractivity contribution in [3.63, 3.8) is 0 Å². The zero-order valence-electron chi connectivity index (χ0n) is 16.5. The van der Waals surface area contributed by atoms with Gasteiger partial charge in [-0.05, 0) is 35.6 Å². The van der Waals surface area contributed by atoms with Gasteiger partial charge in [-0.1, -0.05) is 18.2 Å². The van der Waals surface area contributed by atoms with Crippen molar-refractivity contribution in [3.05, 3.63) is 69.1 Å². The molecule has 0 aliphatic carbocycles. The van der Waals surface area contributed by atoms with E-state index in [9.17, 15) is 27.9 Å². The minimum Gasteiger partial charge on any atom is -0.503 e. The Morgan fingerprint density at radius 2 is 1.90 bits per heavy atom. The van der Waals surface area contributed by atoms with Gasteiger partial charge in [0.05, 0.1) is 40.7 Å². The number of methoxy groups -OCH3 is 1. The van der Waals surface area contributed by atoms with Crippen LogP contribution in [0.25, 0.3) is 0 Å². The summed E-state index contributed by atoms with van der Waals surface area (Å²) in [5.41, 5.74) is 0.668. The highest BCUT2D eigenvalue weighted by atomic mass is 32.2. The number of hydrogen-bond acceptors (Lipinski definition) is 8. The number of rotatable bonds is 5. The summed E-state index contributed by atoms with van der Waals surface area (Å²) in [6, 6.07) is 7.79. The molecule has 2 atom stereocenters. The second kappa shape index (κ2) is 7.93. The number of esters is 1. The van der Waals surface area contributed by atoms with Crippen LogP contribution in [0.5, 0.6) is 0 Å². The second-order valence-corrected chi connectivity index (χ2v) is 10.5. The fourth-order valence-electron chi connectivity index (χ4n) is 4.01. The Morgan fingerprint density at radius 1 is 1.19 bits per heavy atom. The first kappa shape index (κ1) is 21.3. The van der Waals surface area contributed by atoms with Gasteiger partial charge in [0.25, 0.3) is 5.91 Å². The molecule has 1 fully saturated rings. The summed E-state index contributed by atoms with van der Waals surface area (Å²) in [5.74, 6) is -2.78. The average molecular weight is 462 g/mol. The molecule has 4 rings (SSSR count). The van der Waals surface area contributed by atoms with Crippen LogP contribution in [0, 0.1) is 0 Å². The maximum Gasteiger partial charge on any atom is 0.337 e. The SMILES string of the molecule is COC(=O)c1ccc(C2C(C(=O)c3cccs3)=C(O)C(=O)N2C2CCS(=O)(=O)C2)cc1. The summed E-state index contributed by atoms with van der Waals surface area (Å²) in [7, 11) is -2.06. The normalized spacial score (nSPS) is 22.7. The minimum atomic E-state index is -3.32. The molecular formula is C21H19NO7S2. The molecule has 162 valence electrons. The van der Waals surface area contributed by atoms with E-state index in [1.165, 1.54) is 35.5 Å². The predicted molar refractivity (Wildman–Crippen MR) is 113 cm³/mol. The fourth-order valence-corrected chi connectivity index (χ4v) is 6.40. The minimum absolute atomic E-state index is 0.0651. The highest BCUT2D eigenvalue weighted by Crippen LogP contribution is 2.42. The maximum atomic E-state index is 13.2. The van der Waals surface area contributed by atoms with Crippen molar-refractivity contribution in [1.29, 1.82) is 0 Å². The van der Waals surface area contributed by atoms with E-state index in [2.05, 4.69) is 0 Å². The van der Waals surface area contributed by atoms with Crippen LogP contribution in [0.2, 0.25) is 0 Å². The van der Waals surface area contributed by atoms with E-state index in [-0.39, 0.29) is 29.1 Å². The van der Waals surface area contributed by atoms with Crippen LogP contribution in [-0.4, -0.2) is 60.7 Å². The lowest BCUT2D eigenvalue weighted by molar-refractivity contribution is -0.131. The molecule has 2 aliphatic rings. The van der Waals surface area contributed by atoms with E-state index < -0.39 is 45.3 Å². The molecule has 2 aliphatic heterocycles. The summed E-state index contributed by atoms with van der Waals surface area (Å²) in [6.07, 6.45) is 0.221. The van der Waals surface area contributed by atoms with Gasteiger partial charge < -0.3 is 14.7 Å². The number of amides is 1. The summed E-state index contributed by atoms with van der Waals surface area (Å²) in [6.45, 7) is 0. The van der Waals surface area contributed by atoms with E-state index in [0.29, 0.717) is 10.4 Å². The first-order valence-corrected chi connectivity index (χ1v) is 12.2. The van der Waals surface area contributed by atoms with Crippen molar-refractivity contribution in [2.75, 3.05) is 18.6 Å². The van der Waals surface area contributed by atoms with E-state index in [1.54, 1.807) is 29.6 Å². The van der Waals surface area contributed by atoms with Gasteiger partial charge in [0.1, 0.15) is 0 Å². The van der Waals surface area contributed by atoms with Crippen LogP contribution in [0.4, 0.5) is 0 Å². The van der Waals surface area contributed by atoms with Crippen molar-refractivity contribution in [1.82, 2.24) is 4.90 Å². The first-order chi connectivity index (χ1) is 14.7. The molecule has 2 aromatic rings. The molecule has 1 N–H and O–H groups in total. The van der Waals surface area contributed by atoms with Gasteiger partial charge in [-0.25, -0.2) is 13.2 Å². The number of hydrogen-bond donors (Lipinski definition) is 1. The number of nitrogens with zero attached hydrogens (tertiary/aromatic N) is 1. The summed E-state index contributed by atoms with van der Waals surface area (Å²) in [5, 5.41) is 12.4. The lowest BCUT2D eigenvalue weighted by Gasteiger charge is -2.31. The van der Waals surface area contributed by atoms with Crippen molar-refractivity contribution in [2.24, 2.45) is 0 Å². The molecule has 2 unspecified atom stereocenters. The van der Waals surface area contributed by atoms with Crippen LogP contribution >= 0.6 is 11.3 Å². The summed E-state index contributed by atoms with van der Waals surface area (Å²) >= 11 is 1.18. The average Bonchev–Trinajstić information content (AvgIpc) is 3.47. The lowest BCUT2D eigenvalue weighted by atomic mass is 9.94. The number of Topliss-reactive ketones (excluding diaryl/α,β-unsaturated/α-hetero) is 1. The fraction of sp³-hybridized carbons (Fsp3) is 0.286. The van der Waals surface area contributed by atoms with Gasteiger partial charge in [-0.3, -0.25) is 9.59 Å². The Hall–Kier alpha value is -2.98. The standard InChI is InChI=1S/C21H19NO7S2/c1-29-21(26)13-6-4-12(5-7-13)17-16(18(23)15-3-2-9-30-15)19(24)20(25)22(17)14-8-10-31(27,28)11-14/h2-7,9,14,17,24H,8,10-11H2,1H3. The van der Waals surface area contributed by atoms with Crippen molar-refractivity contribution in [2.45, 2.75) is 18.5 Å². The smallest absolute Gasteiger partial charge is 0.337 e. The summed E-state index contributed by atoms with van der Waals surface area (Å²) < 4.78 is 28.8. The molecule has 1 aromatic carbocycles. The number of benzene rings is 1. The molecule has 0 spiro atoms. The zero-order valence-corrected chi connectivity index (χ0v) is 18.1. The van der Waals surface area contributed by atoms with Crippen LogP contribution in [0.15, 0.2) is 53.1 Å². The number of carbonyl (C=O) groups excluding carboxylic acids is 3. The number of thiophene rings is 1. The summed E-state index contributed by atoms with van der Waals surface area (Å²) in [4.78, 5) is 39.6. The molecule has 31 heavy (non-hydrogen) atoms. The lowest BCUT2D eigenvalue weighted by Crippen LogP contribution is -2.41. The van der Waals surface area contributed by atoms with E-state index in [1.807, 2.05) is 0 Å². The van der Waals surface area contributed by atoms with Gasteiger partial charge in [0, 0.05) is 6.04 Å². The molecule has 1 aromatic heterocycles. The molecule has 0 radical (unpaired) electrons. The number of sulfone groups is 1. The number of ketones is 1. The van der Waals surface area contributed by atoms with Gasteiger partial charge in [-0.15, -0.1) is 11.3 Å². The Balaban J connectivity index is 1.80. The third-order valence-electron chi connectivity index (χ3n) is 5.48. The van der Waals surface area contributed by atoms with Gasteiger partial charge in [-0.2, -0.15) is 0 Å². The van der Waals surface area contributed by atoms with Crippen molar-refractivity contribution >= 4 is 38.8 Å². The second-order valence-electron chi connectivity index (χ2n) is 7.35. The van der Waals surface area contributed by atoms with Crippen LogP contribution in [-0.2, 0) is 19.4 Å². The van der Waals surface area contributed by atoms with Gasteiger partial charge in [0.15, 0.2) is 15.6 Å². The molecule has 0 saturated carbocycles. The van der Waals surface area contributed by atoms with Gasteiger partial charge >= 0.3 is 5.97 Å². The van der Waals surface area contributed by atoms with E-state index in [0.717, 1.165) is 0 Å². The number of ether oxygens (including phenoxy) is 1. The largest absolute Gasteiger partial charge is 0.503 e. The Labute approximate surface area is 182 Å². The Morgan fingerprint density at radius 3 is 2.45 bits per heavy atom. The van der Waals surface area contributed by atoms with Crippen molar-refractivity contribution < 1.29 is 32.6 Å². The highest BCUT2D eigenvalue weighted by Gasteiger charge is 2.49. The first-order valence-electron chi connectivity index (χ1n) is 9.46. The zero-order chi connectivity index (χ0) is 22.3. The van der Waals surface area contributed by atoms with Crippen LogP contribution in [0.1, 0.15) is 38.1 Å². The maximum absolute atomic E-state index is 13.2. The van der Waals surface area contributed by atoms with Crippen LogP contribution in [0.3, 0.4) is 0 Å². The molecular weight excluding hydrogens is 442 g/mol. The monoisotopic (exact) mass is 461 g/mol. The predicted octanol–water partition coefficient (Wildman–Crippen LogP) is 2.30. The number of carbonyl (C=O) groups is 3. The van der Waals surface area contributed by atoms with E-state index in [4.69, 9.17) is 4.74 Å². The molecule has 1 amide bonds. The Bertz CT molecular complexity index is 1180. The highest BCUT2D eigenvalue weighted by molar-refractivity contribution is 7.91. The molecule has 3 heterocycles. The van der Waals surface area contributed by atoms with Crippen LogP contribution < -0.4 is 0 Å². The third-order valence-corrected chi connectivity index (χ3v) is 8.10. The molecule has 1 saturated heterocycles. The third kappa shape index (κ3) is 3.77. The van der Waals surface area contributed by atoms with E-state index >= 15 is 0 Å². The molecule has 8 nitrogen and oxygen atoms in total.